The third kappa shape index (κ3) is 3.04. The van der Waals surface area contributed by atoms with Gasteiger partial charge in [0.25, 0.3) is 0 Å². The molecule has 1 atom stereocenters. The molecule has 1 aliphatic rings. The van der Waals surface area contributed by atoms with E-state index < -0.39 is 0 Å². The second kappa shape index (κ2) is 4.77. The van der Waals surface area contributed by atoms with Crippen LogP contribution in [-0.4, -0.2) is 29.6 Å². The van der Waals surface area contributed by atoms with Gasteiger partial charge in [-0.2, -0.15) is 0 Å². The third-order valence-electron chi connectivity index (χ3n) is 2.53. The fourth-order valence-electron chi connectivity index (χ4n) is 1.73. The Balaban J connectivity index is 1.92. The van der Waals surface area contributed by atoms with Crippen molar-refractivity contribution in [3.05, 3.63) is 16.9 Å². The van der Waals surface area contributed by atoms with E-state index in [1.807, 2.05) is 6.92 Å². The number of anilines is 1. The molecule has 0 spiro atoms. The average Bonchev–Trinajstić information content (AvgIpc) is 2.65. The minimum Gasteiger partial charge on any atom is -0.354 e. The van der Waals surface area contributed by atoms with Crippen LogP contribution in [0.15, 0.2) is 6.07 Å². The maximum Gasteiger partial charge on any atom is 0.224 e. The van der Waals surface area contributed by atoms with Crippen LogP contribution in [0, 0.1) is 12.8 Å². The van der Waals surface area contributed by atoms with Crippen LogP contribution in [0.1, 0.15) is 12.1 Å². The van der Waals surface area contributed by atoms with E-state index in [-0.39, 0.29) is 0 Å². The molecule has 15 heavy (non-hydrogen) atoms. The number of rotatable bonds is 3. The lowest BCUT2D eigenvalue weighted by atomic mass is 10.1. The molecule has 1 aliphatic heterocycles. The molecule has 0 unspecified atom stereocenters. The van der Waals surface area contributed by atoms with Crippen molar-refractivity contribution < 1.29 is 0 Å². The van der Waals surface area contributed by atoms with Crippen LogP contribution in [0.25, 0.3) is 0 Å². The van der Waals surface area contributed by atoms with Crippen molar-refractivity contribution in [2.24, 2.45) is 5.92 Å². The second-order valence-electron chi connectivity index (χ2n) is 3.90. The van der Waals surface area contributed by atoms with Gasteiger partial charge < -0.3 is 10.6 Å². The van der Waals surface area contributed by atoms with Gasteiger partial charge in [0.1, 0.15) is 5.15 Å². The highest BCUT2D eigenvalue weighted by Crippen LogP contribution is 2.12. The topological polar surface area (TPSA) is 49.8 Å². The Bertz CT molecular complexity index is 316. The number of nitrogens with one attached hydrogen (secondary N) is 2. The molecular weight excluding hydrogens is 212 g/mol. The molecule has 0 aliphatic carbocycles. The lowest BCUT2D eigenvalue weighted by molar-refractivity contribution is 0.612. The van der Waals surface area contributed by atoms with Crippen molar-refractivity contribution in [2.75, 3.05) is 25.0 Å². The molecule has 5 heteroatoms. The summed E-state index contributed by atoms with van der Waals surface area (Å²) in [5, 5.41) is 7.04. The van der Waals surface area contributed by atoms with Crippen LogP contribution in [-0.2, 0) is 0 Å². The summed E-state index contributed by atoms with van der Waals surface area (Å²) in [6.07, 6.45) is 1.21. The molecule has 1 fully saturated rings. The first-order valence-electron chi connectivity index (χ1n) is 5.20. The largest absolute Gasteiger partial charge is 0.354 e. The number of hydrogen-bond acceptors (Lipinski definition) is 4. The highest BCUT2D eigenvalue weighted by atomic mass is 35.5. The lowest BCUT2D eigenvalue weighted by Gasteiger charge is -2.10. The van der Waals surface area contributed by atoms with Gasteiger partial charge in [-0.05, 0) is 38.4 Å². The zero-order valence-corrected chi connectivity index (χ0v) is 9.51. The average molecular weight is 227 g/mol. The Morgan fingerprint density at radius 1 is 1.60 bits per heavy atom. The molecule has 0 saturated carbocycles. The molecule has 0 radical (unpaired) electrons. The SMILES string of the molecule is Cc1cc(Cl)nc(NC[C@H]2CCNC2)n1. The molecular formula is C10H15ClN4. The van der Waals surface area contributed by atoms with Gasteiger partial charge in [-0.25, -0.2) is 9.97 Å². The Morgan fingerprint density at radius 3 is 3.13 bits per heavy atom. The highest BCUT2D eigenvalue weighted by molar-refractivity contribution is 6.29. The van der Waals surface area contributed by atoms with Gasteiger partial charge in [-0.15, -0.1) is 0 Å². The van der Waals surface area contributed by atoms with E-state index >= 15 is 0 Å². The first-order valence-corrected chi connectivity index (χ1v) is 5.57. The van der Waals surface area contributed by atoms with Gasteiger partial charge in [0.2, 0.25) is 5.95 Å². The van der Waals surface area contributed by atoms with Gasteiger partial charge >= 0.3 is 0 Å². The van der Waals surface area contributed by atoms with Crippen LogP contribution in [0.2, 0.25) is 5.15 Å². The molecule has 2 N–H and O–H groups in total. The fourth-order valence-corrected chi connectivity index (χ4v) is 1.97. The molecule has 4 nitrogen and oxygen atoms in total. The molecule has 0 amide bonds. The quantitative estimate of drug-likeness (QED) is 0.767. The maximum atomic E-state index is 5.84. The molecule has 1 aromatic heterocycles. The Labute approximate surface area is 94.5 Å². The number of nitrogens with zero attached hydrogens (tertiary/aromatic N) is 2. The van der Waals surface area contributed by atoms with E-state index in [4.69, 9.17) is 11.6 Å². The van der Waals surface area contributed by atoms with Crippen molar-refractivity contribution >= 4 is 17.5 Å². The Kier molecular flexibility index (Phi) is 3.38. The third-order valence-corrected chi connectivity index (χ3v) is 2.73. The number of hydrogen-bond donors (Lipinski definition) is 2. The van der Waals surface area contributed by atoms with Crippen LogP contribution in [0.4, 0.5) is 5.95 Å². The molecule has 1 aromatic rings. The summed E-state index contributed by atoms with van der Waals surface area (Å²) in [5.41, 5.74) is 0.891. The van der Waals surface area contributed by atoms with Crippen molar-refractivity contribution in [3.63, 3.8) is 0 Å². The predicted octanol–water partition coefficient (Wildman–Crippen LogP) is 1.46. The molecule has 1 saturated heterocycles. The summed E-state index contributed by atoms with van der Waals surface area (Å²) in [4.78, 5) is 8.39. The van der Waals surface area contributed by atoms with Crippen molar-refractivity contribution in [1.29, 1.82) is 0 Å². The second-order valence-corrected chi connectivity index (χ2v) is 4.28. The van der Waals surface area contributed by atoms with Gasteiger partial charge in [0.15, 0.2) is 0 Å². The minimum absolute atomic E-state index is 0.495. The summed E-state index contributed by atoms with van der Waals surface area (Å²) in [7, 11) is 0. The van der Waals surface area contributed by atoms with Crippen molar-refractivity contribution in [1.82, 2.24) is 15.3 Å². The first kappa shape index (κ1) is 10.6. The number of halogens is 1. The zero-order chi connectivity index (χ0) is 10.7. The number of aryl methyl sites for hydroxylation is 1. The van der Waals surface area contributed by atoms with E-state index in [1.54, 1.807) is 6.07 Å². The predicted molar refractivity (Wildman–Crippen MR) is 61.2 cm³/mol. The molecule has 82 valence electrons. The summed E-state index contributed by atoms with van der Waals surface area (Å²) >= 11 is 5.84. The van der Waals surface area contributed by atoms with Crippen LogP contribution >= 0.6 is 11.6 Å². The van der Waals surface area contributed by atoms with Crippen LogP contribution in [0.3, 0.4) is 0 Å². The van der Waals surface area contributed by atoms with Crippen LogP contribution < -0.4 is 10.6 Å². The monoisotopic (exact) mass is 226 g/mol. The Hall–Kier alpha value is -0.870. The molecule has 2 heterocycles. The molecule has 0 aromatic carbocycles. The summed E-state index contributed by atoms with van der Waals surface area (Å²) in [5.74, 6) is 1.31. The minimum atomic E-state index is 0.495. The van der Waals surface area contributed by atoms with Gasteiger partial charge in [0.05, 0.1) is 0 Å². The normalized spacial score (nSPS) is 20.5. The summed E-state index contributed by atoms with van der Waals surface area (Å²) in [6.45, 7) is 5.01. The van der Waals surface area contributed by atoms with Gasteiger partial charge in [0, 0.05) is 12.2 Å². The standard InChI is InChI=1S/C10H15ClN4/c1-7-4-9(11)15-10(14-7)13-6-8-2-3-12-5-8/h4,8,12H,2-3,5-6H2,1H3,(H,13,14,15)/t8-/m0/s1. The van der Waals surface area contributed by atoms with Gasteiger partial charge in [-0.1, -0.05) is 11.6 Å². The molecule has 0 bridgehead atoms. The lowest BCUT2D eigenvalue weighted by Crippen LogP contribution is -2.18. The van der Waals surface area contributed by atoms with E-state index in [0.29, 0.717) is 17.0 Å². The molecule has 2 rings (SSSR count). The fraction of sp³-hybridized carbons (Fsp3) is 0.600. The van der Waals surface area contributed by atoms with Gasteiger partial charge in [-0.3, -0.25) is 0 Å². The van der Waals surface area contributed by atoms with E-state index in [2.05, 4.69) is 20.6 Å². The van der Waals surface area contributed by atoms with Crippen molar-refractivity contribution in [2.45, 2.75) is 13.3 Å². The van der Waals surface area contributed by atoms with E-state index in [0.717, 1.165) is 25.3 Å². The maximum absolute atomic E-state index is 5.84. The Morgan fingerprint density at radius 2 is 2.47 bits per heavy atom. The van der Waals surface area contributed by atoms with E-state index in [9.17, 15) is 0 Å². The van der Waals surface area contributed by atoms with Crippen LogP contribution in [0.5, 0.6) is 0 Å². The number of aromatic nitrogens is 2. The first-order chi connectivity index (χ1) is 7.24. The smallest absolute Gasteiger partial charge is 0.224 e. The summed E-state index contributed by atoms with van der Waals surface area (Å²) in [6, 6.07) is 1.75. The van der Waals surface area contributed by atoms with E-state index in [1.165, 1.54) is 6.42 Å². The highest BCUT2D eigenvalue weighted by Gasteiger charge is 2.14. The summed E-state index contributed by atoms with van der Waals surface area (Å²) < 4.78 is 0. The zero-order valence-electron chi connectivity index (χ0n) is 8.76. The van der Waals surface area contributed by atoms with Crippen molar-refractivity contribution in [3.8, 4) is 0 Å².